The van der Waals surface area contributed by atoms with Crippen LogP contribution in [0.1, 0.15) is 12.5 Å². The number of rotatable bonds is 4. The lowest BCUT2D eigenvalue weighted by molar-refractivity contribution is -0.126. The van der Waals surface area contributed by atoms with Gasteiger partial charge >= 0.3 is 0 Å². The van der Waals surface area contributed by atoms with Crippen molar-refractivity contribution < 1.29 is 4.79 Å². The zero-order valence-corrected chi connectivity index (χ0v) is 19.9. The smallest absolute Gasteiger partial charge is 0.246 e. The number of hydrogen-bond acceptors (Lipinski definition) is 5. The number of carbonyl (C=O) groups is 1. The minimum Gasteiger partial charge on any atom is -0.352 e. The van der Waals surface area contributed by atoms with Gasteiger partial charge in [-0.15, -0.1) is 0 Å². The molecule has 176 valence electrons. The van der Waals surface area contributed by atoms with Gasteiger partial charge in [0.05, 0.1) is 11.6 Å². The lowest BCUT2D eigenvalue weighted by atomic mass is 10.1. The number of para-hydroxylation sites is 1. The lowest BCUT2D eigenvalue weighted by Crippen LogP contribution is -2.48. The van der Waals surface area contributed by atoms with Gasteiger partial charge in [0.1, 0.15) is 12.1 Å². The molecule has 0 N–H and O–H groups in total. The van der Waals surface area contributed by atoms with Crippen LogP contribution in [0.25, 0.3) is 38.9 Å². The molecule has 1 saturated heterocycles. The van der Waals surface area contributed by atoms with E-state index in [1.54, 1.807) is 23.3 Å². The highest BCUT2D eigenvalue weighted by Crippen LogP contribution is 2.30. The van der Waals surface area contributed by atoms with E-state index >= 15 is 0 Å². The molecule has 35 heavy (non-hydrogen) atoms. The molecule has 1 aliphatic rings. The van der Waals surface area contributed by atoms with E-state index in [1.165, 1.54) is 21.8 Å². The van der Waals surface area contributed by atoms with Crippen molar-refractivity contribution >= 4 is 50.6 Å². The molecular weight excluding hydrogens is 438 g/mol. The highest BCUT2D eigenvalue weighted by Gasteiger charge is 2.23. The first-order valence-electron chi connectivity index (χ1n) is 12.0. The summed E-state index contributed by atoms with van der Waals surface area (Å²) in [7, 11) is 1.88. The third kappa shape index (κ3) is 3.62. The van der Waals surface area contributed by atoms with E-state index in [4.69, 9.17) is 0 Å². The second-order valence-electron chi connectivity index (χ2n) is 8.89. The topological polar surface area (TPSA) is 72.1 Å². The number of aromatic nitrogens is 5. The summed E-state index contributed by atoms with van der Waals surface area (Å²) in [5.41, 5.74) is 4.31. The molecule has 1 amide bonds. The molecule has 8 nitrogen and oxygen atoms in total. The first-order chi connectivity index (χ1) is 17.1. The van der Waals surface area contributed by atoms with Gasteiger partial charge in [-0.3, -0.25) is 9.48 Å². The Bertz CT molecular complexity index is 1590. The Morgan fingerprint density at radius 1 is 0.971 bits per heavy atom. The van der Waals surface area contributed by atoms with Crippen LogP contribution < -0.4 is 4.90 Å². The van der Waals surface area contributed by atoms with Crippen LogP contribution in [-0.2, 0) is 18.4 Å². The Kier molecular flexibility index (Phi) is 5.21. The van der Waals surface area contributed by atoms with Gasteiger partial charge in [0.2, 0.25) is 5.91 Å². The number of fused-ring (bicyclic) bond motifs is 4. The van der Waals surface area contributed by atoms with E-state index in [1.807, 2.05) is 18.0 Å². The van der Waals surface area contributed by atoms with Crippen molar-refractivity contribution in [2.24, 2.45) is 7.05 Å². The van der Waals surface area contributed by atoms with Crippen LogP contribution in [0.15, 0.2) is 61.1 Å². The summed E-state index contributed by atoms with van der Waals surface area (Å²) in [6.45, 7) is 5.84. The number of anilines is 1. The summed E-state index contributed by atoms with van der Waals surface area (Å²) in [5.74, 6) is 0.917. The third-order valence-electron chi connectivity index (χ3n) is 6.93. The van der Waals surface area contributed by atoms with Crippen molar-refractivity contribution in [2.75, 3.05) is 31.1 Å². The van der Waals surface area contributed by atoms with Crippen LogP contribution in [0.3, 0.4) is 0 Å². The Morgan fingerprint density at radius 3 is 2.60 bits per heavy atom. The molecule has 0 atom stereocenters. The Balaban J connectivity index is 1.17. The van der Waals surface area contributed by atoms with Gasteiger partial charge in [0, 0.05) is 67.7 Å². The maximum atomic E-state index is 12.9. The summed E-state index contributed by atoms with van der Waals surface area (Å²) >= 11 is 0. The highest BCUT2D eigenvalue weighted by molar-refractivity contribution is 6.08. The van der Waals surface area contributed by atoms with Gasteiger partial charge < -0.3 is 14.4 Å². The molecule has 0 aliphatic carbocycles. The van der Waals surface area contributed by atoms with E-state index < -0.39 is 0 Å². The number of hydrogen-bond donors (Lipinski definition) is 0. The van der Waals surface area contributed by atoms with Crippen molar-refractivity contribution in [1.29, 1.82) is 0 Å². The zero-order valence-electron chi connectivity index (χ0n) is 19.9. The third-order valence-corrected chi connectivity index (χ3v) is 6.93. The quantitative estimate of drug-likeness (QED) is 0.377. The number of nitrogens with zero attached hydrogens (tertiary/aromatic N) is 7. The second kappa shape index (κ2) is 8.54. The predicted octanol–water partition coefficient (Wildman–Crippen LogP) is 3.85. The van der Waals surface area contributed by atoms with Crippen molar-refractivity contribution in [1.82, 2.24) is 29.2 Å². The molecule has 1 fully saturated rings. The second-order valence-corrected chi connectivity index (χ2v) is 8.89. The molecule has 5 aromatic rings. The average Bonchev–Trinajstić information content (AvgIpc) is 3.44. The zero-order chi connectivity index (χ0) is 23.9. The Morgan fingerprint density at radius 2 is 1.77 bits per heavy atom. The van der Waals surface area contributed by atoms with Gasteiger partial charge in [0.15, 0.2) is 5.65 Å². The summed E-state index contributed by atoms with van der Waals surface area (Å²) in [6.07, 6.45) is 7.00. The summed E-state index contributed by atoms with van der Waals surface area (Å²) in [4.78, 5) is 25.8. The van der Waals surface area contributed by atoms with Gasteiger partial charge in [-0.25, -0.2) is 9.97 Å². The average molecular weight is 466 g/mol. The fraction of sp³-hybridized carbons (Fsp3) is 0.259. The number of piperazine rings is 1. The molecule has 0 saturated carbocycles. The monoisotopic (exact) mass is 465 g/mol. The van der Waals surface area contributed by atoms with E-state index in [0.717, 1.165) is 42.0 Å². The molecule has 2 aromatic carbocycles. The molecule has 4 heterocycles. The molecular formula is C27H27N7O. The van der Waals surface area contributed by atoms with Crippen molar-refractivity contribution in [3.05, 3.63) is 66.6 Å². The molecule has 1 aliphatic heterocycles. The minimum atomic E-state index is 0.0370. The van der Waals surface area contributed by atoms with Crippen LogP contribution in [0, 0.1) is 0 Å². The van der Waals surface area contributed by atoms with Gasteiger partial charge in [-0.1, -0.05) is 24.3 Å². The van der Waals surface area contributed by atoms with Crippen LogP contribution in [0.5, 0.6) is 0 Å². The van der Waals surface area contributed by atoms with Crippen LogP contribution >= 0.6 is 0 Å². The molecule has 6 rings (SSSR count). The first-order valence-corrected chi connectivity index (χ1v) is 12.0. The van der Waals surface area contributed by atoms with Crippen molar-refractivity contribution in [3.63, 3.8) is 0 Å². The molecule has 0 bridgehead atoms. The van der Waals surface area contributed by atoms with E-state index in [2.05, 4.69) is 73.9 Å². The Hall–Kier alpha value is -4.20. The van der Waals surface area contributed by atoms with Gasteiger partial charge in [-0.05, 0) is 36.8 Å². The van der Waals surface area contributed by atoms with Crippen molar-refractivity contribution in [2.45, 2.75) is 13.5 Å². The lowest BCUT2D eigenvalue weighted by Gasteiger charge is -2.35. The summed E-state index contributed by atoms with van der Waals surface area (Å²) in [6, 6.07) is 14.9. The van der Waals surface area contributed by atoms with Crippen LogP contribution in [-0.4, -0.2) is 61.3 Å². The molecule has 3 aromatic heterocycles. The Labute approximate surface area is 203 Å². The normalized spacial score (nSPS) is 14.7. The molecule has 8 heteroatoms. The maximum Gasteiger partial charge on any atom is 0.246 e. The van der Waals surface area contributed by atoms with Gasteiger partial charge in [0.25, 0.3) is 0 Å². The van der Waals surface area contributed by atoms with E-state index in [-0.39, 0.29) is 5.91 Å². The number of aryl methyl sites for hydroxylation is 2. The van der Waals surface area contributed by atoms with Crippen LogP contribution in [0.2, 0.25) is 0 Å². The SMILES string of the molecule is CCn1c2ccccc2c2cc(C=CC(=O)N3CCN(c4ncnc5c4cnn5C)CC3)ccc21. The number of amides is 1. The van der Waals surface area contributed by atoms with Crippen molar-refractivity contribution in [3.8, 4) is 0 Å². The summed E-state index contributed by atoms with van der Waals surface area (Å²) < 4.78 is 4.09. The fourth-order valence-corrected chi connectivity index (χ4v) is 5.13. The first kappa shape index (κ1) is 21.3. The minimum absolute atomic E-state index is 0.0370. The largest absolute Gasteiger partial charge is 0.352 e. The predicted molar refractivity (Wildman–Crippen MR) is 139 cm³/mol. The number of benzene rings is 2. The maximum absolute atomic E-state index is 12.9. The van der Waals surface area contributed by atoms with E-state index in [9.17, 15) is 4.79 Å². The van der Waals surface area contributed by atoms with E-state index in [0.29, 0.717) is 13.1 Å². The fourth-order valence-electron chi connectivity index (χ4n) is 5.13. The highest BCUT2D eigenvalue weighted by atomic mass is 16.2. The summed E-state index contributed by atoms with van der Waals surface area (Å²) in [5, 5.41) is 7.71. The standard InChI is InChI=1S/C27H27N7O/c1-3-34-23-7-5-4-6-20(23)21-16-19(8-10-24(21)34)9-11-25(35)32-12-14-33(15-13-32)27-22-17-30-31(2)26(22)28-18-29-27/h4-11,16-18H,3,12-15H2,1-2H3. The van der Waals surface area contributed by atoms with Crippen LogP contribution in [0.4, 0.5) is 5.82 Å². The van der Waals surface area contributed by atoms with Gasteiger partial charge in [-0.2, -0.15) is 5.10 Å². The molecule has 0 radical (unpaired) electrons. The molecule has 0 spiro atoms. The number of carbonyl (C=O) groups excluding carboxylic acids is 1. The molecule has 0 unspecified atom stereocenters.